The first kappa shape index (κ1) is 30.1. The van der Waals surface area contributed by atoms with Gasteiger partial charge in [0, 0.05) is 26.2 Å². The Morgan fingerprint density at radius 3 is 1.29 bits per heavy atom. The summed E-state index contributed by atoms with van der Waals surface area (Å²) < 4.78 is 0. The lowest BCUT2D eigenvalue weighted by atomic mass is 10.1. The summed E-state index contributed by atoms with van der Waals surface area (Å²) in [6.45, 7) is 9.65. The van der Waals surface area contributed by atoms with Crippen LogP contribution in [0.2, 0.25) is 0 Å². The highest BCUT2D eigenvalue weighted by atomic mass is 16.4. The molecular weight excluding hydrogens is 404 g/mol. The molecule has 0 bridgehead atoms. The molecule has 2 N–H and O–H groups in total. The lowest BCUT2D eigenvalue weighted by Crippen LogP contribution is -2.29. The molecule has 0 spiro atoms. The van der Waals surface area contributed by atoms with Gasteiger partial charge in [-0.05, 0) is 12.8 Å². The van der Waals surface area contributed by atoms with Gasteiger partial charge in [0.2, 0.25) is 11.8 Å². The molecule has 0 aromatic heterocycles. The smallest absolute Gasteiger partial charge is 0.308 e. The highest BCUT2D eigenvalue weighted by molar-refractivity contribution is 5.80. The van der Waals surface area contributed by atoms with Crippen LogP contribution < -0.4 is 0 Å². The van der Waals surface area contributed by atoms with Gasteiger partial charge in [-0.3, -0.25) is 19.2 Å². The maximum atomic E-state index is 11.1. The lowest BCUT2D eigenvalue weighted by Gasteiger charge is -2.12. The van der Waals surface area contributed by atoms with Crippen LogP contribution in [0.4, 0.5) is 0 Å². The van der Waals surface area contributed by atoms with E-state index >= 15 is 0 Å². The summed E-state index contributed by atoms with van der Waals surface area (Å²) in [5.41, 5.74) is 0. The maximum absolute atomic E-state index is 11.1. The first-order valence-corrected chi connectivity index (χ1v) is 10.5. The number of nitriles is 2. The largest absolute Gasteiger partial charge is 0.481 e. The van der Waals surface area contributed by atoms with Crippen molar-refractivity contribution in [1.29, 1.82) is 10.5 Å². The third-order valence-electron chi connectivity index (χ3n) is 4.24. The summed E-state index contributed by atoms with van der Waals surface area (Å²) >= 11 is 0. The van der Waals surface area contributed by atoms with Crippen molar-refractivity contribution in [2.45, 2.75) is 59.8 Å². The molecule has 0 saturated carbocycles. The Labute approximate surface area is 184 Å². The molecule has 2 rings (SSSR count). The fourth-order valence-corrected chi connectivity index (χ4v) is 2.74. The van der Waals surface area contributed by atoms with E-state index in [-0.39, 0.29) is 37.7 Å². The molecule has 2 aliphatic heterocycles. The van der Waals surface area contributed by atoms with E-state index in [1.54, 1.807) is 12.1 Å². The van der Waals surface area contributed by atoms with E-state index < -0.39 is 23.8 Å². The van der Waals surface area contributed by atoms with Gasteiger partial charge in [0.05, 0.1) is 24.0 Å². The topological polar surface area (TPSA) is 163 Å². The molecule has 10 heteroatoms. The van der Waals surface area contributed by atoms with E-state index in [2.05, 4.69) is 13.8 Å². The summed E-state index contributed by atoms with van der Waals surface area (Å²) in [4.78, 5) is 46.2. The molecule has 0 aliphatic carbocycles. The van der Waals surface area contributed by atoms with Crippen molar-refractivity contribution < 1.29 is 29.4 Å². The summed E-state index contributed by atoms with van der Waals surface area (Å²) in [6.07, 6.45) is 1.91. The Bertz CT molecular complexity index is 612. The predicted molar refractivity (Wildman–Crippen MR) is 112 cm³/mol. The first-order chi connectivity index (χ1) is 14.7. The Morgan fingerprint density at radius 2 is 1.10 bits per heavy atom. The van der Waals surface area contributed by atoms with Crippen molar-refractivity contribution in [2.75, 3.05) is 26.2 Å². The van der Waals surface area contributed by atoms with E-state index in [1.807, 2.05) is 13.8 Å². The molecule has 2 fully saturated rings. The number of likely N-dealkylation sites (tertiary alicyclic amines) is 2. The maximum Gasteiger partial charge on any atom is 0.308 e. The van der Waals surface area contributed by atoms with Crippen LogP contribution in [-0.2, 0) is 19.2 Å². The van der Waals surface area contributed by atoms with Crippen LogP contribution in [0.3, 0.4) is 0 Å². The Balaban J connectivity index is 0. The second kappa shape index (κ2) is 17.7. The van der Waals surface area contributed by atoms with E-state index in [1.165, 1.54) is 16.2 Å². The molecule has 0 aromatic carbocycles. The molecule has 2 amide bonds. The van der Waals surface area contributed by atoms with Crippen molar-refractivity contribution in [3.63, 3.8) is 0 Å². The van der Waals surface area contributed by atoms with Crippen molar-refractivity contribution >= 4 is 23.8 Å². The SMILES string of the molecule is CC.CCC.N#CCC(=O)N1CCC(C(=O)O)C1.N#CCC(=O)N1CCC(C(=O)O)C1. The second-order valence-electron chi connectivity index (χ2n) is 6.70. The molecular formula is C21H34N4O6. The molecule has 31 heavy (non-hydrogen) atoms. The zero-order valence-electron chi connectivity index (χ0n) is 18.8. The van der Waals surface area contributed by atoms with Crippen molar-refractivity contribution in [2.24, 2.45) is 11.8 Å². The molecule has 2 aliphatic rings. The molecule has 0 radical (unpaired) electrons. The molecule has 2 heterocycles. The summed E-state index contributed by atoms with van der Waals surface area (Å²) in [6, 6.07) is 3.50. The number of hydrogen-bond donors (Lipinski definition) is 2. The molecule has 10 nitrogen and oxygen atoms in total. The number of carboxylic acids is 2. The van der Waals surface area contributed by atoms with Crippen LogP contribution in [0, 0.1) is 34.5 Å². The van der Waals surface area contributed by atoms with Crippen molar-refractivity contribution in [1.82, 2.24) is 9.80 Å². The molecule has 2 saturated heterocycles. The van der Waals surface area contributed by atoms with Crippen LogP contribution in [-0.4, -0.2) is 69.9 Å². The van der Waals surface area contributed by atoms with Crippen molar-refractivity contribution in [3.8, 4) is 12.1 Å². The quantitative estimate of drug-likeness (QED) is 0.674. The van der Waals surface area contributed by atoms with E-state index in [0.29, 0.717) is 25.9 Å². The van der Waals surface area contributed by atoms with E-state index in [4.69, 9.17) is 20.7 Å². The van der Waals surface area contributed by atoms with Gasteiger partial charge in [-0.25, -0.2) is 0 Å². The number of carboxylic acid groups (broad SMARTS) is 2. The first-order valence-electron chi connectivity index (χ1n) is 10.5. The zero-order chi connectivity index (χ0) is 24.4. The van der Waals surface area contributed by atoms with Crippen LogP contribution in [0.15, 0.2) is 0 Å². The number of rotatable bonds is 4. The minimum Gasteiger partial charge on any atom is -0.481 e. The number of aliphatic carboxylic acids is 2. The van der Waals surface area contributed by atoms with Crippen LogP contribution >= 0.6 is 0 Å². The van der Waals surface area contributed by atoms with Gasteiger partial charge in [0.1, 0.15) is 12.8 Å². The van der Waals surface area contributed by atoms with Gasteiger partial charge in [0.15, 0.2) is 0 Å². The molecule has 0 aromatic rings. The van der Waals surface area contributed by atoms with Gasteiger partial charge in [0.25, 0.3) is 0 Å². The second-order valence-corrected chi connectivity index (χ2v) is 6.70. The van der Waals surface area contributed by atoms with Gasteiger partial charge < -0.3 is 20.0 Å². The highest BCUT2D eigenvalue weighted by Crippen LogP contribution is 2.17. The lowest BCUT2D eigenvalue weighted by molar-refractivity contribution is -0.142. The molecule has 2 atom stereocenters. The Morgan fingerprint density at radius 1 is 0.806 bits per heavy atom. The fourth-order valence-electron chi connectivity index (χ4n) is 2.74. The number of carbonyl (C=O) groups is 4. The normalized spacial score (nSPS) is 18.5. The zero-order valence-corrected chi connectivity index (χ0v) is 18.8. The number of nitrogens with zero attached hydrogens (tertiary/aromatic N) is 4. The van der Waals surface area contributed by atoms with Crippen LogP contribution in [0.5, 0.6) is 0 Å². The summed E-state index contributed by atoms with van der Waals surface area (Å²) in [5.74, 6) is -3.19. The van der Waals surface area contributed by atoms with Crippen LogP contribution in [0.1, 0.15) is 59.8 Å². The van der Waals surface area contributed by atoms with Gasteiger partial charge in [-0.1, -0.05) is 34.1 Å². The number of hydrogen-bond acceptors (Lipinski definition) is 6. The van der Waals surface area contributed by atoms with Gasteiger partial charge in [-0.15, -0.1) is 0 Å². The number of amides is 2. The summed E-state index contributed by atoms with van der Waals surface area (Å²) in [5, 5.41) is 33.8. The number of carbonyl (C=O) groups excluding carboxylic acids is 2. The third kappa shape index (κ3) is 12.2. The van der Waals surface area contributed by atoms with E-state index in [0.717, 1.165) is 0 Å². The Kier molecular flexibility index (Phi) is 17.2. The summed E-state index contributed by atoms with van der Waals surface area (Å²) in [7, 11) is 0. The van der Waals surface area contributed by atoms with Gasteiger partial charge >= 0.3 is 11.9 Å². The minimum atomic E-state index is -0.868. The molecule has 174 valence electrons. The fraction of sp³-hybridized carbons (Fsp3) is 0.714. The monoisotopic (exact) mass is 438 g/mol. The standard InChI is InChI=1S/2C8H10N2O3.C3H8.C2H6/c2*9-3-1-7(11)10-4-2-6(5-10)8(12)13;1-3-2;1-2/h2*6H,1-2,4-5H2,(H,12,13);3H2,1-2H3;1-2H3. The van der Waals surface area contributed by atoms with Crippen molar-refractivity contribution in [3.05, 3.63) is 0 Å². The average Bonchev–Trinajstić information content (AvgIpc) is 3.41. The Hall–Kier alpha value is -3.14. The minimum absolute atomic E-state index is 0.160. The van der Waals surface area contributed by atoms with Crippen LogP contribution in [0.25, 0.3) is 0 Å². The molecule has 2 unspecified atom stereocenters. The highest BCUT2D eigenvalue weighted by Gasteiger charge is 2.31. The van der Waals surface area contributed by atoms with Gasteiger partial charge in [-0.2, -0.15) is 10.5 Å². The average molecular weight is 439 g/mol. The van der Waals surface area contributed by atoms with E-state index in [9.17, 15) is 19.2 Å². The third-order valence-corrected chi connectivity index (χ3v) is 4.24. The predicted octanol–water partition coefficient (Wildman–Crippen LogP) is 2.11.